The summed E-state index contributed by atoms with van der Waals surface area (Å²) in [4.78, 5) is 28.1. The van der Waals surface area contributed by atoms with E-state index in [0.29, 0.717) is 23.6 Å². The summed E-state index contributed by atoms with van der Waals surface area (Å²) in [6.45, 7) is 11.2. The molecule has 1 aliphatic heterocycles. The molecule has 0 aromatic heterocycles. The van der Waals surface area contributed by atoms with Crippen molar-refractivity contribution in [1.82, 2.24) is 5.32 Å². The maximum absolute atomic E-state index is 12.0. The van der Waals surface area contributed by atoms with Gasteiger partial charge in [-0.05, 0) is 33.6 Å². The lowest BCUT2D eigenvalue weighted by molar-refractivity contribution is -0.138. The van der Waals surface area contributed by atoms with Crippen molar-refractivity contribution in [3.8, 4) is 0 Å². The number of rotatable bonds is 4. The third-order valence-electron chi connectivity index (χ3n) is 3.66. The van der Waals surface area contributed by atoms with Gasteiger partial charge in [-0.2, -0.15) is 0 Å². The van der Waals surface area contributed by atoms with Crippen molar-refractivity contribution in [2.24, 2.45) is 10.9 Å². The third kappa shape index (κ3) is 2.85. The minimum atomic E-state index is -0.772. The molecule has 1 heterocycles. The average molecular weight is 266 g/mol. The van der Waals surface area contributed by atoms with E-state index < -0.39 is 5.54 Å². The van der Waals surface area contributed by atoms with Gasteiger partial charge in [0.15, 0.2) is 0 Å². The van der Waals surface area contributed by atoms with Crippen LogP contribution < -0.4 is 5.32 Å². The molecule has 0 aromatic carbocycles. The largest absolute Gasteiger partial charge is 0.463 e. The molecule has 0 saturated carbocycles. The van der Waals surface area contributed by atoms with E-state index >= 15 is 0 Å². The molecule has 1 rings (SSSR count). The predicted octanol–water partition coefficient (Wildman–Crippen LogP) is 1.83. The summed E-state index contributed by atoms with van der Waals surface area (Å²) in [5.41, 5.74) is 0.344. The molecule has 106 valence electrons. The van der Waals surface area contributed by atoms with Crippen LogP contribution >= 0.6 is 0 Å². The number of amidine groups is 1. The normalized spacial score (nSPS) is 23.9. The van der Waals surface area contributed by atoms with Gasteiger partial charge in [0.2, 0.25) is 0 Å². The topological polar surface area (TPSA) is 67.8 Å². The van der Waals surface area contributed by atoms with Gasteiger partial charge in [-0.1, -0.05) is 13.8 Å². The highest BCUT2D eigenvalue weighted by atomic mass is 16.5. The minimum Gasteiger partial charge on any atom is -0.463 e. The summed E-state index contributed by atoms with van der Waals surface area (Å²) in [5, 5.41) is 2.75. The minimum absolute atomic E-state index is 0.0840. The van der Waals surface area contributed by atoms with Crippen molar-refractivity contribution >= 4 is 17.7 Å². The van der Waals surface area contributed by atoms with Crippen LogP contribution in [0.1, 0.15) is 41.5 Å². The highest BCUT2D eigenvalue weighted by molar-refractivity contribution is 6.17. The van der Waals surface area contributed by atoms with Crippen molar-refractivity contribution in [3.63, 3.8) is 0 Å². The van der Waals surface area contributed by atoms with Crippen LogP contribution in [0, 0.1) is 5.92 Å². The number of esters is 1. The fraction of sp³-hybridized carbons (Fsp3) is 0.643. The zero-order chi connectivity index (χ0) is 14.8. The van der Waals surface area contributed by atoms with Crippen LogP contribution in [0.2, 0.25) is 0 Å². The number of amides is 1. The fourth-order valence-electron chi connectivity index (χ4n) is 1.68. The Balaban J connectivity index is 3.09. The molecule has 1 atom stereocenters. The number of hydrogen-bond donors (Lipinski definition) is 1. The van der Waals surface area contributed by atoms with Crippen LogP contribution in [0.4, 0.5) is 0 Å². The average Bonchev–Trinajstić information content (AvgIpc) is 2.65. The number of aliphatic imine (C=N–C) groups is 1. The van der Waals surface area contributed by atoms with Crippen molar-refractivity contribution in [3.05, 3.63) is 11.1 Å². The molecule has 0 aromatic rings. The summed E-state index contributed by atoms with van der Waals surface area (Å²) in [7, 11) is 0. The number of carbonyl (C=O) groups is 2. The van der Waals surface area contributed by atoms with Gasteiger partial charge in [0.05, 0.1) is 6.61 Å². The molecule has 0 spiro atoms. The molecule has 0 radical (unpaired) electrons. The highest BCUT2D eigenvalue weighted by Crippen LogP contribution is 2.27. The molecule has 0 saturated heterocycles. The Morgan fingerprint density at radius 2 is 2.00 bits per heavy atom. The van der Waals surface area contributed by atoms with Crippen molar-refractivity contribution in [2.45, 2.75) is 47.1 Å². The molecule has 1 unspecified atom stereocenters. The molecule has 0 fully saturated rings. The molecule has 0 aliphatic carbocycles. The lowest BCUT2D eigenvalue weighted by Crippen LogP contribution is -2.41. The first-order valence-corrected chi connectivity index (χ1v) is 6.50. The maximum Gasteiger partial charge on any atom is 0.334 e. The highest BCUT2D eigenvalue weighted by Gasteiger charge is 2.42. The molecule has 5 nitrogen and oxygen atoms in total. The van der Waals surface area contributed by atoms with Gasteiger partial charge >= 0.3 is 5.97 Å². The van der Waals surface area contributed by atoms with Gasteiger partial charge < -0.3 is 10.1 Å². The first-order chi connectivity index (χ1) is 8.74. The standard InChI is InChI=1S/C14H22N2O3/c1-7-19-12(17)10(5)9(4)11-15-13(18)14(6,16-11)8(2)3/h8H,7H2,1-6H3,(H,15,16,18)/b10-9-. The Hall–Kier alpha value is -1.65. The van der Waals surface area contributed by atoms with Crippen molar-refractivity contribution < 1.29 is 14.3 Å². The Bertz CT molecular complexity index is 463. The Morgan fingerprint density at radius 1 is 1.42 bits per heavy atom. The SMILES string of the molecule is CCOC(=O)/C(C)=C(/C)C1=NC(C)(C(C)C)C(=O)N1. The van der Waals surface area contributed by atoms with E-state index in [-0.39, 0.29) is 17.8 Å². The monoisotopic (exact) mass is 266 g/mol. The zero-order valence-corrected chi connectivity index (χ0v) is 12.5. The van der Waals surface area contributed by atoms with Crippen LogP contribution in [-0.2, 0) is 14.3 Å². The Labute approximate surface area is 114 Å². The Kier molecular flexibility index (Phi) is 4.50. The number of hydrogen-bond acceptors (Lipinski definition) is 4. The number of ether oxygens (including phenoxy) is 1. The molecular weight excluding hydrogens is 244 g/mol. The summed E-state index contributed by atoms with van der Waals surface area (Å²) >= 11 is 0. The van der Waals surface area contributed by atoms with E-state index in [1.807, 2.05) is 13.8 Å². The molecule has 5 heteroatoms. The summed E-state index contributed by atoms with van der Waals surface area (Å²) in [6.07, 6.45) is 0. The van der Waals surface area contributed by atoms with E-state index in [2.05, 4.69) is 10.3 Å². The fourth-order valence-corrected chi connectivity index (χ4v) is 1.68. The molecule has 1 aliphatic rings. The maximum atomic E-state index is 12.0. The second kappa shape index (κ2) is 5.55. The molecule has 1 N–H and O–H groups in total. The molecule has 19 heavy (non-hydrogen) atoms. The first kappa shape index (κ1) is 15.4. The van der Waals surface area contributed by atoms with Crippen molar-refractivity contribution in [1.29, 1.82) is 0 Å². The van der Waals surface area contributed by atoms with Gasteiger partial charge in [-0.15, -0.1) is 0 Å². The van der Waals surface area contributed by atoms with Crippen LogP contribution in [0.25, 0.3) is 0 Å². The molecule has 1 amide bonds. The van der Waals surface area contributed by atoms with E-state index in [1.54, 1.807) is 27.7 Å². The summed E-state index contributed by atoms with van der Waals surface area (Å²) in [6, 6.07) is 0. The smallest absolute Gasteiger partial charge is 0.334 e. The summed E-state index contributed by atoms with van der Waals surface area (Å²) in [5.74, 6) is 0.0380. The van der Waals surface area contributed by atoms with E-state index in [4.69, 9.17) is 4.74 Å². The lowest BCUT2D eigenvalue weighted by atomic mass is 9.89. The lowest BCUT2D eigenvalue weighted by Gasteiger charge is -2.21. The van der Waals surface area contributed by atoms with Gasteiger partial charge in [-0.3, -0.25) is 9.79 Å². The van der Waals surface area contributed by atoms with Crippen LogP contribution in [0.5, 0.6) is 0 Å². The Morgan fingerprint density at radius 3 is 2.42 bits per heavy atom. The van der Waals surface area contributed by atoms with Crippen LogP contribution in [-0.4, -0.2) is 29.9 Å². The zero-order valence-electron chi connectivity index (χ0n) is 12.5. The molecule has 0 bridgehead atoms. The number of carbonyl (C=O) groups excluding carboxylic acids is 2. The number of nitrogens with one attached hydrogen (secondary N) is 1. The second-order valence-corrected chi connectivity index (χ2v) is 5.19. The predicted molar refractivity (Wildman–Crippen MR) is 73.8 cm³/mol. The number of nitrogens with zero attached hydrogens (tertiary/aromatic N) is 1. The van der Waals surface area contributed by atoms with Gasteiger partial charge in [0.25, 0.3) is 5.91 Å². The van der Waals surface area contributed by atoms with Crippen LogP contribution in [0.3, 0.4) is 0 Å². The van der Waals surface area contributed by atoms with Crippen molar-refractivity contribution in [2.75, 3.05) is 6.61 Å². The van der Waals surface area contributed by atoms with Gasteiger partial charge in [0.1, 0.15) is 11.4 Å². The third-order valence-corrected chi connectivity index (χ3v) is 3.66. The van der Waals surface area contributed by atoms with Gasteiger partial charge in [0, 0.05) is 11.1 Å². The van der Waals surface area contributed by atoms with E-state index in [0.717, 1.165) is 0 Å². The van der Waals surface area contributed by atoms with E-state index in [9.17, 15) is 9.59 Å². The van der Waals surface area contributed by atoms with Crippen LogP contribution in [0.15, 0.2) is 16.1 Å². The second-order valence-electron chi connectivity index (χ2n) is 5.19. The molecular formula is C14H22N2O3. The quantitative estimate of drug-likeness (QED) is 0.623. The summed E-state index contributed by atoms with van der Waals surface area (Å²) < 4.78 is 4.95. The first-order valence-electron chi connectivity index (χ1n) is 6.50. The van der Waals surface area contributed by atoms with E-state index in [1.165, 1.54) is 0 Å². The van der Waals surface area contributed by atoms with Gasteiger partial charge in [-0.25, -0.2) is 4.79 Å².